The summed E-state index contributed by atoms with van der Waals surface area (Å²) in [5, 5.41) is 11.7. The van der Waals surface area contributed by atoms with Crippen molar-refractivity contribution in [3.05, 3.63) is 51.6 Å². The zero-order valence-electron chi connectivity index (χ0n) is 12.2. The van der Waals surface area contributed by atoms with Gasteiger partial charge in [-0.15, -0.1) is 0 Å². The van der Waals surface area contributed by atoms with Crippen LogP contribution in [0, 0.1) is 3.57 Å². The molecule has 23 heavy (non-hydrogen) atoms. The first-order valence-electron chi connectivity index (χ1n) is 6.59. The van der Waals surface area contributed by atoms with E-state index in [4.69, 9.17) is 14.6 Å². The van der Waals surface area contributed by atoms with Crippen LogP contribution in [0.3, 0.4) is 0 Å². The number of para-hydroxylation sites is 1. The first kappa shape index (κ1) is 17.1. The molecule has 6 nitrogen and oxygen atoms in total. The van der Waals surface area contributed by atoms with Gasteiger partial charge in [0.2, 0.25) is 0 Å². The number of carboxylic acids is 1. The summed E-state index contributed by atoms with van der Waals surface area (Å²) >= 11 is 1.94. The predicted molar refractivity (Wildman–Crippen MR) is 93.2 cm³/mol. The fraction of sp³-hybridized carbons (Fsp3) is 0.125. The van der Waals surface area contributed by atoms with Crippen LogP contribution in [0.4, 0.5) is 5.69 Å². The number of carbonyl (C=O) groups excluding carboxylic acids is 1. The van der Waals surface area contributed by atoms with Crippen molar-refractivity contribution in [1.82, 2.24) is 0 Å². The molecule has 1 amide bonds. The van der Waals surface area contributed by atoms with Crippen LogP contribution in [0.1, 0.15) is 10.4 Å². The Labute approximate surface area is 146 Å². The molecule has 0 spiro atoms. The predicted octanol–water partition coefficient (Wildman–Crippen LogP) is 3.02. The fourth-order valence-corrected chi connectivity index (χ4v) is 2.60. The average Bonchev–Trinajstić information content (AvgIpc) is 2.53. The number of aromatic carboxylic acids is 1. The molecule has 2 aromatic rings. The Hall–Kier alpha value is -2.29. The number of anilines is 1. The lowest BCUT2D eigenvalue weighted by atomic mass is 10.2. The van der Waals surface area contributed by atoms with Crippen LogP contribution in [0.25, 0.3) is 0 Å². The smallest absolute Gasteiger partial charge is 0.335 e. The molecule has 120 valence electrons. The van der Waals surface area contributed by atoms with Gasteiger partial charge in [-0.2, -0.15) is 0 Å². The molecule has 0 aliphatic heterocycles. The number of ether oxygens (including phenoxy) is 2. The van der Waals surface area contributed by atoms with E-state index in [1.54, 1.807) is 12.1 Å². The van der Waals surface area contributed by atoms with Crippen molar-refractivity contribution in [2.24, 2.45) is 0 Å². The first-order valence-corrected chi connectivity index (χ1v) is 7.67. The molecule has 0 atom stereocenters. The highest BCUT2D eigenvalue weighted by molar-refractivity contribution is 14.1. The molecule has 0 aromatic heterocycles. The Morgan fingerprint density at radius 2 is 1.91 bits per heavy atom. The number of hydrogen-bond acceptors (Lipinski definition) is 4. The van der Waals surface area contributed by atoms with Crippen molar-refractivity contribution < 1.29 is 24.2 Å². The zero-order chi connectivity index (χ0) is 16.8. The van der Waals surface area contributed by atoms with Crippen LogP contribution in [0.15, 0.2) is 42.5 Å². The van der Waals surface area contributed by atoms with E-state index in [-0.39, 0.29) is 23.8 Å². The van der Waals surface area contributed by atoms with Crippen LogP contribution in [0.5, 0.6) is 11.5 Å². The lowest BCUT2D eigenvalue weighted by Gasteiger charge is -2.13. The van der Waals surface area contributed by atoms with Crippen LogP contribution in [-0.4, -0.2) is 30.7 Å². The van der Waals surface area contributed by atoms with E-state index in [9.17, 15) is 9.59 Å². The molecule has 0 bridgehead atoms. The van der Waals surface area contributed by atoms with Gasteiger partial charge in [0.1, 0.15) is 0 Å². The summed E-state index contributed by atoms with van der Waals surface area (Å²) in [6.07, 6.45) is 0. The molecule has 0 unspecified atom stereocenters. The fourth-order valence-electron chi connectivity index (χ4n) is 1.84. The Bertz CT molecular complexity index is 718. The third kappa shape index (κ3) is 4.59. The molecule has 0 heterocycles. The van der Waals surface area contributed by atoms with Crippen molar-refractivity contribution in [2.75, 3.05) is 19.0 Å². The maximum Gasteiger partial charge on any atom is 0.335 e. The van der Waals surface area contributed by atoms with Crippen molar-refractivity contribution in [1.29, 1.82) is 0 Å². The topological polar surface area (TPSA) is 84.9 Å². The van der Waals surface area contributed by atoms with E-state index in [0.29, 0.717) is 15.0 Å². The quantitative estimate of drug-likeness (QED) is 0.693. The second kappa shape index (κ2) is 7.82. The van der Waals surface area contributed by atoms with Gasteiger partial charge in [-0.3, -0.25) is 4.79 Å². The van der Waals surface area contributed by atoms with E-state index >= 15 is 0 Å². The molecule has 0 saturated heterocycles. The molecule has 0 fully saturated rings. The number of hydrogen-bond donors (Lipinski definition) is 2. The standard InChI is InChI=1S/C16H14INO5/c1-22-13-8-10(16(20)21)7-12(17)15(13)23-9-14(19)18-11-5-3-2-4-6-11/h2-8H,9H2,1H3,(H,18,19)(H,20,21). The van der Waals surface area contributed by atoms with Crippen molar-refractivity contribution in [2.45, 2.75) is 0 Å². The molecular weight excluding hydrogens is 413 g/mol. The molecule has 0 aliphatic rings. The number of halogens is 1. The number of carbonyl (C=O) groups is 2. The van der Waals surface area contributed by atoms with Crippen LogP contribution >= 0.6 is 22.6 Å². The summed E-state index contributed by atoms with van der Waals surface area (Å²) in [6, 6.07) is 11.8. The van der Waals surface area contributed by atoms with Gasteiger partial charge >= 0.3 is 5.97 Å². The van der Waals surface area contributed by atoms with Crippen molar-refractivity contribution >= 4 is 40.2 Å². The number of carboxylic acid groups (broad SMARTS) is 1. The van der Waals surface area contributed by atoms with Gasteiger partial charge in [-0.1, -0.05) is 18.2 Å². The second-order valence-corrected chi connectivity index (χ2v) is 5.66. The first-order chi connectivity index (χ1) is 11.0. The number of methoxy groups -OCH3 is 1. The minimum Gasteiger partial charge on any atom is -0.493 e. The van der Waals surface area contributed by atoms with E-state index < -0.39 is 5.97 Å². The Morgan fingerprint density at radius 3 is 2.52 bits per heavy atom. The van der Waals surface area contributed by atoms with Gasteiger partial charge in [0, 0.05) is 5.69 Å². The molecule has 0 radical (unpaired) electrons. The van der Waals surface area contributed by atoms with Gasteiger partial charge in [0.15, 0.2) is 18.1 Å². The minimum atomic E-state index is -1.06. The minimum absolute atomic E-state index is 0.0901. The lowest BCUT2D eigenvalue weighted by Crippen LogP contribution is -2.20. The summed E-state index contributed by atoms with van der Waals surface area (Å²) in [7, 11) is 1.41. The highest BCUT2D eigenvalue weighted by Crippen LogP contribution is 2.34. The Kier molecular flexibility index (Phi) is 5.80. The van der Waals surface area contributed by atoms with E-state index in [1.165, 1.54) is 19.2 Å². The van der Waals surface area contributed by atoms with E-state index in [0.717, 1.165) is 0 Å². The third-order valence-corrected chi connectivity index (χ3v) is 3.68. The molecule has 2 N–H and O–H groups in total. The Morgan fingerprint density at radius 1 is 1.22 bits per heavy atom. The number of benzene rings is 2. The van der Waals surface area contributed by atoms with Crippen LogP contribution in [-0.2, 0) is 4.79 Å². The highest BCUT2D eigenvalue weighted by atomic mass is 127. The maximum absolute atomic E-state index is 11.9. The third-order valence-electron chi connectivity index (χ3n) is 2.88. The van der Waals surface area contributed by atoms with Gasteiger partial charge in [-0.25, -0.2) is 4.79 Å². The summed E-state index contributed by atoms with van der Waals surface area (Å²) in [5.74, 6) is -0.783. The SMILES string of the molecule is COc1cc(C(=O)O)cc(I)c1OCC(=O)Nc1ccccc1. The normalized spacial score (nSPS) is 10.0. The summed E-state index contributed by atoms with van der Waals surface area (Å²) < 4.78 is 11.2. The largest absolute Gasteiger partial charge is 0.493 e. The molecule has 7 heteroatoms. The van der Waals surface area contributed by atoms with Gasteiger partial charge in [0.05, 0.1) is 16.2 Å². The number of rotatable bonds is 6. The molecular formula is C16H14INO5. The van der Waals surface area contributed by atoms with Gasteiger partial charge in [0.25, 0.3) is 5.91 Å². The monoisotopic (exact) mass is 427 g/mol. The molecule has 0 aliphatic carbocycles. The zero-order valence-corrected chi connectivity index (χ0v) is 14.4. The van der Waals surface area contributed by atoms with E-state index in [2.05, 4.69) is 5.32 Å². The summed E-state index contributed by atoms with van der Waals surface area (Å²) in [4.78, 5) is 22.9. The summed E-state index contributed by atoms with van der Waals surface area (Å²) in [5.41, 5.74) is 0.760. The van der Waals surface area contributed by atoms with Crippen molar-refractivity contribution in [3.8, 4) is 11.5 Å². The van der Waals surface area contributed by atoms with Crippen molar-refractivity contribution in [3.63, 3.8) is 0 Å². The molecule has 0 saturated carbocycles. The maximum atomic E-state index is 11.9. The average molecular weight is 427 g/mol. The second-order valence-electron chi connectivity index (χ2n) is 4.50. The molecule has 2 rings (SSSR count). The molecule has 2 aromatic carbocycles. The van der Waals surface area contributed by atoms with E-state index in [1.807, 2.05) is 40.8 Å². The Balaban J connectivity index is 2.08. The van der Waals surface area contributed by atoms with Gasteiger partial charge in [-0.05, 0) is 46.9 Å². The highest BCUT2D eigenvalue weighted by Gasteiger charge is 2.16. The van der Waals surface area contributed by atoms with Crippen LogP contribution in [0.2, 0.25) is 0 Å². The number of nitrogens with one attached hydrogen (secondary N) is 1. The van der Waals surface area contributed by atoms with Gasteiger partial charge < -0.3 is 19.9 Å². The summed E-state index contributed by atoms with van der Waals surface area (Å²) in [6.45, 7) is -0.215. The van der Waals surface area contributed by atoms with Crippen LogP contribution < -0.4 is 14.8 Å². The lowest BCUT2D eigenvalue weighted by molar-refractivity contribution is -0.118. The number of amides is 1.